The summed E-state index contributed by atoms with van der Waals surface area (Å²) in [5.74, 6) is 1.83. The minimum Gasteiger partial charge on any atom is -0.328 e. The van der Waals surface area contributed by atoms with Crippen LogP contribution in [0, 0.1) is 11.8 Å². The van der Waals surface area contributed by atoms with Crippen molar-refractivity contribution < 1.29 is 0 Å². The minimum atomic E-state index is 0.498. The number of hydrogen-bond acceptors (Lipinski definition) is 1. The lowest BCUT2D eigenvalue weighted by molar-refractivity contribution is 0.227. The van der Waals surface area contributed by atoms with Gasteiger partial charge in [-0.15, -0.1) is 0 Å². The average molecular weight is 141 g/mol. The summed E-state index contributed by atoms with van der Waals surface area (Å²) in [5, 5.41) is 0. The van der Waals surface area contributed by atoms with Crippen LogP contribution in [0.2, 0.25) is 0 Å². The monoisotopic (exact) mass is 141 g/mol. The van der Waals surface area contributed by atoms with Gasteiger partial charge in [-0.1, -0.05) is 20.3 Å². The number of rotatable bonds is 1. The van der Waals surface area contributed by atoms with Gasteiger partial charge in [-0.2, -0.15) is 0 Å². The van der Waals surface area contributed by atoms with Crippen LogP contribution in [0.5, 0.6) is 0 Å². The normalized spacial score (nSPS) is 41.7. The Morgan fingerprint density at radius 1 is 1.40 bits per heavy atom. The Hall–Kier alpha value is -0.0400. The van der Waals surface area contributed by atoms with E-state index < -0.39 is 0 Å². The fourth-order valence-electron chi connectivity index (χ4n) is 2.11. The summed E-state index contributed by atoms with van der Waals surface area (Å²) in [6.45, 7) is 4.63. The van der Waals surface area contributed by atoms with Crippen molar-refractivity contribution in [1.82, 2.24) is 0 Å². The van der Waals surface area contributed by atoms with E-state index in [-0.39, 0.29) is 0 Å². The van der Waals surface area contributed by atoms with E-state index in [1.54, 1.807) is 0 Å². The van der Waals surface area contributed by atoms with Gasteiger partial charge in [0.15, 0.2) is 0 Å². The van der Waals surface area contributed by atoms with Crippen molar-refractivity contribution >= 4 is 0 Å². The van der Waals surface area contributed by atoms with Crippen LogP contribution in [0.1, 0.15) is 39.5 Å². The molecule has 1 fully saturated rings. The first-order chi connectivity index (χ1) is 4.74. The largest absolute Gasteiger partial charge is 0.328 e. The quantitative estimate of drug-likeness (QED) is 0.595. The molecule has 1 nitrogen and oxygen atoms in total. The first-order valence-electron chi connectivity index (χ1n) is 4.49. The van der Waals surface area contributed by atoms with Crippen LogP contribution in [-0.2, 0) is 0 Å². The summed E-state index contributed by atoms with van der Waals surface area (Å²) in [4.78, 5) is 0. The third-order valence-electron chi connectivity index (χ3n) is 2.91. The summed E-state index contributed by atoms with van der Waals surface area (Å²) in [6.07, 6.45) is 5.20. The molecule has 3 atom stereocenters. The van der Waals surface area contributed by atoms with Gasteiger partial charge >= 0.3 is 0 Å². The maximum absolute atomic E-state index is 5.84. The minimum absolute atomic E-state index is 0.498. The zero-order valence-electron chi connectivity index (χ0n) is 7.14. The Labute approximate surface area is 64.0 Å². The van der Waals surface area contributed by atoms with Crippen LogP contribution < -0.4 is 5.73 Å². The summed E-state index contributed by atoms with van der Waals surface area (Å²) < 4.78 is 0. The van der Waals surface area contributed by atoms with Gasteiger partial charge in [-0.05, 0) is 31.1 Å². The van der Waals surface area contributed by atoms with E-state index in [1.807, 2.05) is 0 Å². The van der Waals surface area contributed by atoms with Gasteiger partial charge in [-0.25, -0.2) is 0 Å². The molecular weight excluding hydrogens is 122 g/mol. The van der Waals surface area contributed by atoms with E-state index in [2.05, 4.69) is 13.8 Å². The second kappa shape index (κ2) is 3.38. The van der Waals surface area contributed by atoms with E-state index in [9.17, 15) is 0 Å². The van der Waals surface area contributed by atoms with Gasteiger partial charge in [0.1, 0.15) is 0 Å². The van der Waals surface area contributed by atoms with E-state index in [0.29, 0.717) is 6.04 Å². The summed E-state index contributed by atoms with van der Waals surface area (Å²) in [7, 11) is 0. The lowest BCUT2D eigenvalue weighted by Gasteiger charge is -2.31. The zero-order chi connectivity index (χ0) is 7.56. The molecule has 0 saturated heterocycles. The molecule has 3 unspecified atom stereocenters. The fraction of sp³-hybridized carbons (Fsp3) is 1.00. The van der Waals surface area contributed by atoms with Crippen LogP contribution in [0.25, 0.3) is 0 Å². The Morgan fingerprint density at radius 3 is 2.60 bits per heavy atom. The van der Waals surface area contributed by atoms with E-state index in [0.717, 1.165) is 11.8 Å². The topological polar surface area (TPSA) is 26.0 Å². The molecule has 1 aliphatic carbocycles. The Morgan fingerprint density at radius 2 is 2.10 bits per heavy atom. The van der Waals surface area contributed by atoms with Crippen molar-refractivity contribution in [3.63, 3.8) is 0 Å². The molecule has 0 aromatic rings. The maximum atomic E-state index is 5.84. The van der Waals surface area contributed by atoms with Gasteiger partial charge in [0.05, 0.1) is 0 Å². The summed E-state index contributed by atoms with van der Waals surface area (Å²) in [5.41, 5.74) is 5.84. The molecular formula is C9H19N. The highest BCUT2D eigenvalue weighted by Crippen LogP contribution is 2.30. The van der Waals surface area contributed by atoms with Crippen LogP contribution in [-0.4, -0.2) is 6.04 Å². The molecule has 1 aliphatic rings. The molecule has 60 valence electrons. The highest BCUT2D eigenvalue weighted by atomic mass is 14.6. The second-order valence-electron chi connectivity index (χ2n) is 3.72. The molecule has 0 aliphatic heterocycles. The predicted molar refractivity (Wildman–Crippen MR) is 44.8 cm³/mol. The van der Waals surface area contributed by atoms with E-state index in [1.165, 1.54) is 25.7 Å². The molecule has 0 aromatic carbocycles. The Balaban J connectivity index is 2.36. The third kappa shape index (κ3) is 1.72. The molecule has 0 aromatic heterocycles. The fourth-order valence-corrected chi connectivity index (χ4v) is 2.11. The predicted octanol–water partition coefficient (Wildman–Crippen LogP) is 2.16. The number of hydrogen-bond donors (Lipinski definition) is 1. The SMILES string of the molecule is CCC1CCC(N)CC1C. The first kappa shape index (κ1) is 8.06. The van der Waals surface area contributed by atoms with E-state index in [4.69, 9.17) is 5.73 Å². The van der Waals surface area contributed by atoms with E-state index >= 15 is 0 Å². The molecule has 10 heavy (non-hydrogen) atoms. The van der Waals surface area contributed by atoms with Gasteiger partial charge in [0.25, 0.3) is 0 Å². The summed E-state index contributed by atoms with van der Waals surface area (Å²) >= 11 is 0. The molecule has 0 radical (unpaired) electrons. The van der Waals surface area contributed by atoms with Crippen molar-refractivity contribution in [3.8, 4) is 0 Å². The van der Waals surface area contributed by atoms with Crippen molar-refractivity contribution in [1.29, 1.82) is 0 Å². The molecule has 0 amide bonds. The first-order valence-corrected chi connectivity index (χ1v) is 4.49. The maximum Gasteiger partial charge on any atom is 0.00415 e. The zero-order valence-corrected chi connectivity index (χ0v) is 7.14. The van der Waals surface area contributed by atoms with Crippen LogP contribution in [0.15, 0.2) is 0 Å². The number of nitrogens with two attached hydrogens (primary N) is 1. The Kier molecular flexibility index (Phi) is 2.72. The lowest BCUT2D eigenvalue weighted by Crippen LogP contribution is -2.31. The second-order valence-corrected chi connectivity index (χ2v) is 3.72. The molecule has 0 bridgehead atoms. The molecule has 1 rings (SSSR count). The van der Waals surface area contributed by atoms with Crippen LogP contribution >= 0.6 is 0 Å². The molecule has 0 spiro atoms. The highest BCUT2D eigenvalue weighted by molar-refractivity contribution is 4.78. The molecule has 0 heterocycles. The smallest absolute Gasteiger partial charge is 0.00415 e. The van der Waals surface area contributed by atoms with Crippen molar-refractivity contribution in [2.24, 2.45) is 17.6 Å². The highest BCUT2D eigenvalue weighted by Gasteiger charge is 2.23. The lowest BCUT2D eigenvalue weighted by atomic mass is 9.77. The van der Waals surface area contributed by atoms with Crippen LogP contribution in [0.3, 0.4) is 0 Å². The van der Waals surface area contributed by atoms with Gasteiger partial charge in [-0.3, -0.25) is 0 Å². The third-order valence-corrected chi connectivity index (χ3v) is 2.91. The average Bonchev–Trinajstić information content (AvgIpc) is 1.88. The van der Waals surface area contributed by atoms with Gasteiger partial charge in [0, 0.05) is 6.04 Å². The van der Waals surface area contributed by atoms with Gasteiger partial charge in [0.2, 0.25) is 0 Å². The molecule has 1 heteroatoms. The Bertz CT molecular complexity index is 101. The molecule has 1 saturated carbocycles. The van der Waals surface area contributed by atoms with Gasteiger partial charge < -0.3 is 5.73 Å². The molecule has 2 N–H and O–H groups in total. The standard InChI is InChI=1S/C9H19N/c1-3-8-4-5-9(10)6-7(8)2/h7-9H,3-6,10H2,1-2H3. The van der Waals surface area contributed by atoms with Crippen molar-refractivity contribution in [2.45, 2.75) is 45.6 Å². The van der Waals surface area contributed by atoms with Crippen molar-refractivity contribution in [3.05, 3.63) is 0 Å². The van der Waals surface area contributed by atoms with Crippen LogP contribution in [0.4, 0.5) is 0 Å². The summed E-state index contributed by atoms with van der Waals surface area (Å²) in [6, 6.07) is 0.498. The van der Waals surface area contributed by atoms with Crippen molar-refractivity contribution in [2.75, 3.05) is 0 Å².